The largest absolute Gasteiger partial charge is 0.444 e. The Kier molecular flexibility index (Phi) is 4.83. The number of carbonyl (C=O) groups excluding carboxylic acids is 1. The number of benzene rings is 1. The molecule has 0 N–H and O–H groups in total. The number of rotatable bonds is 4. The lowest BCUT2D eigenvalue weighted by atomic mass is 10.0. The van der Waals surface area contributed by atoms with Crippen molar-refractivity contribution in [2.75, 3.05) is 25.9 Å². The van der Waals surface area contributed by atoms with Crippen LogP contribution in [0.1, 0.15) is 25.3 Å². The fourth-order valence-electron chi connectivity index (χ4n) is 3.42. The molecule has 1 unspecified atom stereocenters. The number of sulfone groups is 1. The Morgan fingerprint density at radius 1 is 1.17 bits per heavy atom. The molecule has 2 aliphatic heterocycles. The maximum Gasteiger partial charge on any atom is 0.410 e. The molecule has 0 aliphatic carbocycles. The Bertz CT molecular complexity index is 694. The summed E-state index contributed by atoms with van der Waals surface area (Å²) in [5.41, 5.74) is 1.11. The summed E-state index contributed by atoms with van der Waals surface area (Å²) in [5.74, 6) is 0. The van der Waals surface area contributed by atoms with Crippen molar-refractivity contribution in [3.63, 3.8) is 0 Å². The number of amides is 1. The minimum atomic E-state index is -3.14. The number of ether oxygens (including phenoxy) is 1. The van der Waals surface area contributed by atoms with Crippen molar-refractivity contribution in [3.8, 4) is 0 Å². The van der Waals surface area contributed by atoms with E-state index in [1.807, 2.05) is 24.0 Å². The second kappa shape index (κ2) is 6.72. The lowest BCUT2D eigenvalue weighted by Crippen LogP contribution is -2.45. The first-order valence-corrected chi connectivity index (χ1v) is 10.2. The number of piperidine rings is 1. The second-order valence-electron chi connectivity index (χ2n) is 6.77. The fourth-order valence-corrected chi connectivity index (χ4v) is 4.05. The Balaban J connectivity index is 1.53. The Hall–Kier alpha value is -1.60. The van der Waals surface area contributed by atoms with Crippen LogP contribution < -0.4 is 0 Å². The molecule has 2 aliphatic rings. The summed E-state index contributed by atoms with van der Waals surface area (Å²) in [4.78, 5) is 16.4. The average Bonchev–Trinajstić information content (AvgIpc) is 2.86. The van der Waals surface area contributed by atoms with E-state index in [4.69, 9.17) is 4.74 Å². The molecule has 6 nitrogen and oxygen atoms in total. The molecule has 132 valence electrons. The van der Waals surface area contributed by atoms with Gasteiger partial charge < -0.3 is 9.64 Å². The minimum Gasteiger partial charge on any atom is -0.444 e. The van der Waals surface area contributed by atoms with Gasteiger partial charge in [-0.3, -0.25) is 4.90 Å². The lowest BCUT2D eigenvalue weighted by Gasteiger charge is -2.35. The summed E-state index contributed by atoms with van der Waals surface area (Å²) in [6, 6.07) is 7.36. The first kappa shape index (κ1) is 17.2. The topological polar surface area (TPSA) is 66.9 Å². The van der Waals surface area contributed by atoms with Crippen molar-refractivity contribution >= 4 is 15.9 Å². The molecule has 0 saturated carbocycles. The maximum atomic E-state index is 11.8. The van der Waals surface area contributed by atoms with Crippen LogP contribution in [0.25, 0.3) is 0 Å². The predicted molar refractivity (Wildman–Crippen MR) is 90.5 cm³/mol. The van der Waals surface area contributed by atoms with E-state index in [0.717, 1.165) is 38.0 Å². The highest BCUT2D eigenvalue weighted by molar-refractivity contribution is 7.90. The zero-order valence-electron chi connectivity index (χ0n) is 14.1. The molecule has 1 aromatic rings. The molecule has 0 bridgehead atoms. The van der Waals surface area contributed by atoms with Crippen LogP contribution in [0.15, 0.2) is 29.2 Å². The van der Waals surface area contributed by atoms with Gasteiger partial charge in [-0.15, -0.1) is 0 Å². The number of hydrogen-bond acceptors (Lipinski definition) is 5. The molecule has 0 aromatic heterocycles. The molecule has 7 heteroatoms. The van der Waals surface area contributed by atoms with Crippen molar-refractivity contribution in [1.29, 1.82) is 0 Å². The van der Waals surface area contributed by atoms with Gasteiger partial charge in [0, 0.05) is 31.9 Å². The van der Waals surface area contributed by atoms with Crippen molar-refractivity contribution < 1.29 is 17.9 Å². The number of hydrogen-bond donors (Lipinski definition) is 0. The van der Waals surface area contributed by atoms with Crippen molar-refractivity contribution in [1.82, 2.24) is 9.80 Å². The van der Waals surface area contributed by atoms with Gasteiger partial charge in [-0.25, -0.2) is 13.2 Å². The maximum absolute atomic E-state index is 11.8. The third kappa shape index (κ3) is 3.89. The summed E-state index contributed by atoms with van der Waals surface area (Å²) in [7, 11) is -3.14. The van der Waals surface area contributed by atoms with Crippen molar-refractivity contribution in [3.05, 3.63) is 29.8 Å². The molecule has 1 aromatic carbocycles. The van der Waals surface area contributed by atoms with Crippen molar-refractivity contribution in [2.24, 2.45) is 0 Å². The average molecular weight is 352 g/mol. The van der Waals surface area contributed by atoms with Crippen LogP contribution in [-0.4, -0.2) is 62.3 Å². The van der Waals surface area contributed by atoms with Gasteiger partial charge in [-0.2, -0.15) is 0 Å². The summed E-state index contributed by atoms with van der Waals surface area (Å²) in [6.07, 6.45) is 2.92. The van der Waals surface area contributed by atoms with E-state index < -0.39 is 9.84 Å². The second-order valence-corrected chi connectivity index (χ2v) is 8.79. The van der Waals surface area contributed by atoms with Crippen LogP contribution in [0, 0.1) is 0 Å². The van der Waals surface area contributed by atoms with E-state index in [9.17, 15) is 13.2 Å². The van der Waals surface area contributed by atoms with Gasteiger partial charge in [0.25, 0.3) is 0 Å². The third-order valence-electron chi connectivity index (χ3n) is 4.75. The van der Waals surface area contributed by atoms with Crippen LogP contribution in [0.5, 0.6) is 0 Å². The summed E-state index contributed by atoms with van der Waals surface area (Å²) in [6.45, 7) is 5.27. The Morgan fingerprint density at radius 3 is 2.29 bits per heavy atom. The van der Waals surface area contributed by atoms with Gasteiger partial charge in [0.05, 0.1) is 11.4 Å². The van der Waals surface area contributed by atoms with Crippen LogP contribution in [-0.2, 0) is 21.1 Å². The predicted octanol–water partition coefficient (Wildman–Crippen LogP) is 1.90. The normalized spacial score (nSPS) is 23.5. The van der Waals surface area contributed by atoms with Gasteiger partial charge in [-0.05, 0) is 37.5 Å². The third-order valence-corrected chi connectivity index (χ3v) is 5.87. The van der Waals surface area contributed by atoms with Gasteiger partial charge in [0.1, 0.15) is 6.10 Å². The fraction of sp³-hybridized carbons (Fsp3) is 0.588. The van der Waals surface area contributed by atoms with Crippen LogP contribution in [0.2, 0.25) is 0 Å². The standard InChI is InChI=1S/C17H24N2O4S/c1-13-11-19(17(20)23-13)15-7-9-18(10-8-15)12-14-3-5-16(6-4-14)24(2,21)22/h3-6,13,15H,7-12H2,1-2H3. The van der Waals surface area contributed by atoms with Crippen molar-refractivity contribution in [2.45, 2.75) is 43.4 Å². The molecular formula is C17H24N2O4S. The number of nitrogens with zero attached hydrogens (tertiary/aromatic N) is 2. The molecular weight excluding hydrogens is 328 g/mol. The van der Waals surface area contributed by atoms with Crippen LogP contribution in [0.4, 0.5) is 4.79 Å². The van der Waals surface area contributed by atoms with E-state index in [2.05, 4.69) is 4.90 Å². The van der Waals surface area contributed by atoms with Crippen LogP contribution >= 0.6 is 0 Å². The quantitative estimate of drug-likeness (QED) is 0.828. The first-order chi connectivity index (χ1) is 11.3. The van der Waals surface area contributed by atoms with Gasteiger partial charge in [0.15, 0.2) is 9.84 Å². The van der Waals surface area contributed by atoms with Gasteiger partial charge in [-0.1, -0.05) is 12.1 Å². The number of cyclic esters (lactones) is 1. The van der Waals surface area contributed by atoms with Gasteiger partial charge >= 0.3 is 6.09 Å². The molecule has 1 amide bonds. The molecule has 2 heterocycles. The molecule has 3 rings (SSSR count). The number of likely N-dealkylation sites (tertiary alicyclic amines) is 1. The molecule has 1 atom stereocenters. The molecule has 0 radical (unpaired) electrons. The zero-order chi connectivity index (χ0) is 17.3. The highest BCUT2D eigenvalue weighted by Crippen LogP contribution is 2.23. The summed E-state index contributed by atoms with van der Waals surface area (Å²) in [5, 5.41) is 0. The zero-order valence-corrected chi connectivity index (χ0v) is 15.0. The van der Waals surface area contributed by atoms with E-state index >= 15 is 0 Å². The molecule has 24 heavy (non-hydrogen) atoms. The minimum absolute atomic E-state index is 0.0103. The Morgan fingerprint density at radius 2 is 1.79 bits per heavy atom. The summed E-state index contributed by atoms with van der Waals surface area (Å²) >= 11 is 0. The SMILES string of the molecule is CC1CN(C2CCN(Cc3ccc(S(C)(=O)=O)cc3)CC2)C(=O)O1. The molecule has 2 saturated heterocycles. The van der Waals surface area contributed by atoms with Gasteiger partial charge in [0.2, 0.25) is 0 Å². The number of carbonyl (C=O) groups is 1. The van der Waals surface area contributed by atoms with E-state index in [0.29, 0.717) is 11.4 Å². The Labute approximate surface area is 143 Å². The summed E-state index contributed by atoms with van der Waals surface area (Å²) < 4.78 is 28.2. The molecule has 2 fully saturated rings. The van der Waals surface area contributed by atoms with E-state index in [1.54, 1.807) is 12.1 Å². The molecule has 0 spiro atoms. The lowest BCUT2D eigenvalue weighted by molar-refractivity contribution is 0.111. The monoisotopic (exact) mass is 352 g/mol. The first-order valence-electron chi connectivity index (χ1n) is 8.31. The van der Waals surface area contributed by atoms with Crippen LogP contribution in [0.3, 0.4) is 0 Å². The van der Waals surface area contributed by atoms with E-state index in [-0.39, 0.29) is 18.2 Å². The highest BCUT2D eigenvalue weighted by Gasteiger charge is 2.35. The highest BCUT2D eigenvalue weighted by atomic mass is 32.2. The smallest absolute Gasteiger partial charge is 0.410 e. The van der Waals surface area contributed by atoms with E-state index in [1.165, 1.54) is 6.26 Å².